The van der Waals surface area contributed by atoms with Crippen molar-refractivity contribution in [3.8, 4) is 6.07 Å². The van der Waals surface area contributed by atoms with Gasteiger partial charge in [-0.3, -0.25) is 4.79 Å². The van der Waals surface area contributed by atoms with E-state index in [1.54, 1.807) is 30.3 Å². The van der Waals surface area contributed by atoms with Gasteiger partial charge in [0.2, 0.25) is 0 Å². The minimum absolute atomic E-state index is 0.196. The van der Waals surface area contributed by atoms with Crippen LogP contribution in [0.3, 0.4) is 0 Å². The Morgan fingerprint density at radius 3 is 2.24 bits per heavy atom. The van der Waals surface area contributed by atoms with Crippen molar-refractivity contribution in [3.63, 3.8) is 0 Å². The molecule has 0 aliphatic rings. The smallest absolute Gasteiger partial charge is 0.347 e. The number of alkyl halides is 3. The molecule has 0 spiro atoms. The van der Waals surface area contributed by atoms with Crippen LogP contribution in [0.15, 0.2) is 54.1 Å². The van der Waals surface area contributed by atoms with Crippen molar-refractivity contribution in [1.82, 2.24) is 5.32 Å². The molecule has 3 nitrogen and oxygen atoms in total. The molecule has 0 fully saturated rings. The summed E-state index contributed by atoms with van der Waals surface area (Å²) < 4.78 is 37.6. The molecule has 0 unspecified atom stereocenters. The van der Waals surface area contributed by atoms with E-state index in [2.05, 4.69) is 5.32 Å². The summed E-state index contributed by atoms with van der Waals surface area (Å²) in [6.07, 6.45) is -3.20. The zero-order valence-electron chi connectivity index (χ0n) is 12.8. The number of carbonyl (C=O) groups excluding carboxylic acids is 1. The molecule has 128 valence electrons. The Morgan fingerprint density at radius 2 is 1.72 bits per heavy atom. The largest absolute Gasteiger partial charge is 0.416 e. The van der Waals surface area contributed by atoms with Crippen molar-refractivity contribution in [2.24, 2.45) is 0 Å². The number of amides is 1. The fourth-order valence-corrected chi connectivity index (χ4v) is 2.09. The van der Waals surface area contributed by atoms with Crippen molar-refractivity contribution in [1.29, 1.82) is 5.26 Å². The molecule has 0 radical (unpaired) electrons. The quantitative estimate of drug-likeness (QED) is 0.637. The topological polar surface area (TPSA) is 52.9 Å². The SMILES string of the molecule is N#C/C(=C\c1ccc(C(F)(F)F)cc1)C(=O)NCc1ccc(Cl)cc1. The van der Waals surface area contributed by atoms with E-state index >= 15 is 0 Å². The third-order valence-electron chi connectivity index (χ3n) is 3.28. The van der Waals surface area contributed by atoms with Crippen LogP contribution < -0.4 is 5.32 Å². The van der Waals surface area contributed by atoms with Crippen LogP contribution in [0, 0.1) is 11.3 Å². The number of hydrogen-bond acceptors (Lipinski definition) is 2. The maximum absolute atomic E-state index is 12.5. The van der Waals surface area contributed by atoms with Crippen LogP contribution in [0.2, 0.25) is 5.02 Å². The first kappa shape index (κ1) is 18.6. The fraction of sp³-hybridized carbons (Fsp3) is 0.111. The molecule has 2 aromatic carbocycles. The van der Waals surface area contributed by atoms with Crippen molar-refractivity contribution >= 4 is 23.6 Å². The maximum atomic E-state index is 12.5. The van der Waals surface area contributed by atoms with Gasteiger partial charge in [-0.1, -0.05) is 35.9 Å². The highest BCUT2D eigenvalue weighted by molar-refractivity contribution is 6.30. The minimum atomic E-state index is -4.43. The number of nitriles is 1. The second-order valence-corrected chi connectivity index (χ2v) is 5.54. The van der Waals surface area contributed by atoms with Crippen LogP contribution in [0.4, 0.5) is 13.2 Å². The number of hydrogen-bond donors (Lipinski definition) is 1. The van der Waals surface area contributed by atoms with Gasteiger partial charge >= 0.3 is 6.18 Å². The third-order valence-corrected chi connectivity index (χ3v) is 3.53. The van der Waals surface area contributed by atoms with E-state index < -0.39 is 17.6 Å². The summed E-state index contributed by atoms with van der Waals surface area (Å²) >= 11 is 5.77. The third kappa shape index (κ3) is 5.37. The average molecular weight is 365 g/mol. The molecule has 0 aliphatic heterocycles. The molecule has 1 N–H and O–H groups in total. The molecule has 7 heteroatoms. The molecule has 0 saturated carbocycles. The molecule has 0 aliphatic carbocycles. The normalized spacial score (nSPS) is 11.7. The van der Waals surface area contributed by atoms with Crippen molar-refractivity contribution < 1.29 is 18.0 Å². The summed E-state index contributed by atoms with van der Waals surface area (Å²) in [5.41, 5.74) is 0.125. The van der Waals surface area contributed by atoms with Crippen LogP contribution in [-0.2, 0) is 17.5 Å². The molecule has 2 aromatic rings. The Labute approximate surface area is 147 Å². The lowest BCUT2D eigenvalue weighted by Gasteiger charge is -2.07. The van der Waals surface area contributed by atoms with Crippen LogP contribution in [0.1, 0.15) is 16.7 Å². The Balaban J connectivity index is 2.07. The average Bonchev–Trinajstić information content (AvgIpc) is 2.58. The zero-order chi connectivity index (χ0) is 18.4. The first-order valence-corrected chi connectivity index (χ1v) is 7.49. The van der Waals surface area contributed by atoms with E-state index in [9.17, 15) is 18.0 Å². The first-order chi connectivity index (χ1) is 11.8. The van der Waals surface area contributed by atoms with Crippen molar-refractivity contribution in [2.45, 2.75) is 12.7 Å². The highest BCUT2D eigenvalue weighted by Crippen LogP contribution is 2.29. The van der Waals surface area contributed by atoms with Crippen LogP contribution in [0.25, 0.3) is 6.08 Å². The van der Waals surface area contributed by atoms with Crippen molar-refractivity contribution in [3.05, 3.63) is 75.8 Å². The van der Waals surface area contributed by atoms with Gasteiger partial charge in [-0.05, 0) is 41.5 Å². The van der Waals surface area contributed by atoms with E-state index in [1.807, 2.05) is 0 Å². The highest BCUT2D eigenvalue weighted by atomic mass is 35.5. The van der Waals surface area contributed by atoms with Gasteiger partial charge in [-0.25, -0.2) is 0 Å². The second kappa shape index (κ2) is 7.86. The first-order valence-electron chi connectivity index (χ1n) is 7.11. The van der Waals surface area contributed by atoms with Gasteiger partial charge in [0.05, 0.1) is 5.56 Å². The summed E-state index contributed by atoms with van der Waals surface area (Å²) in [6.45, 7) is 0.196. The fourth-order valence-electron chi connectivity index (χ4n) is 1.96. The van der Waals surface area contributed by atoms with Gasteiger partial charge in [0.15, 0.2) is 0 Å². The summed E-state index contributed by atoms with van der Waals surface area (Å²) in [5.74, 6) is -0.614. The lowest BCUT2D eigenvalue weighted by Crippen LogP contribution is -2.23. The maximum Gasteiger partial charge on any atom is 0.416 e. The molecule has 1 amide bonds. The Morgan fingerprint density at radius 1 is 1.12 bits per heavy atom. The second-order valence-electron chi connectivity index (χ2n) is 5.10. The molecule has 0 atom stereocenters. The summed E-state index contributed by atoms with van der Waals surface area (Å²) in [6, 6.07) is 12.7. The molecule has 0 saturated heterocycles. The molecule has 2 rings (SSSR count). The number of carbonyl (C=O) groups is 1. The van der Waals surface area contributed by atoms with Gasteiger partial charge < -0.3 is 5.32 Å². The number of benzene rings is 2. The molecular formula is C18H12ClF3N2O. The Kier molecular flexibility index (Phi) is 5.84. The standard InChI is InChI=1S/C18H12ClF3N2O/c19-16-7-3-13(4-8-16)11-24-17(25)14(10-23)9-12-1-5-15(6-2-12)18(20,21)22/h1-9H,11H2,(H,24,25)/b14-9+. The van der Waals surface area contributed by atoms with E-state index in [4.69, 9.17) is 16.9 Å². The van der Waals surface area contributed by atoms with Gasteiger partial charge in [0.1, 0.15) is 11.6 Å². The summed E-state index contributed by atoms with van der Waals surface area (Å²) in [7, 11) is 0. The number of halogens is 4. The molecule has 0 bridgehead atoms. The summed E-state index contributed by atoms with van der Waals surface area (Å²) in [5, 5.41) is 12.2. The lowest BCUT2D eigenvalue weighted by molar-refractivity contribution is -0.137. The van der Waals surface area contributed by atoms with Gasteiger partial charge in [-0.2, -0.15) is 18.4 Å². The highest BCUT2D eigenvalue weighted by Gasteiger charge is 2.29. The van der Waals surface area contributed by atoms with Gasteiger partial charge in [-0.15, -0.1) is 0 Å². The van der Waals surface area contributed by atoms with E-state index in [0.29, 0.717) is 10.6 Å². The molecular weight excluding hydrogens is 353 g/mol. The predicted molar refractivity (Wildman–Crippen MR) is 88.3 cm³/mol. The summed E-state index contributed by atoms with van der Waals surface area (Å²) in [4.78, 5) is 12.0. The van der Waals surface area contributed by atoms with E-state index in [1.165, 1.54) is 18.2 Å². The van der Waals surface area contributed by atoms with Crippen LogP contribution >= 0.6 is 11.6 Å². The van der Waals surface area contributed by atoms with E-state index in [0.717, 1.165) is 17.7 Å². The van der Waals surface area contributed by atoms with E-state index in [-0.39, 0.29) is 12.1 Å². The number of rotatable bonds is 4. The van der Waals surface area contributed by atoms with Crippen LogP contribution in [-0.4, -0.2) is 5.91 Å². The lowest BCUT2D eigenvalue weighted by atomic mass is 10.1. The number of nitrogens with one attached hydrogen (secondary N) is 1. The predicted octanol–water partition coefficient (Wildman–Crippen LogP) is 4.58. The molecule has 0 heterocycles. The van der Waals surface area contributed by atoms with Gasteiger partial charge in [0, 0.05) is 11.6 Å². The molecule has 0 aromatic heterocycles. The van der Waals surface area contributed by atoms with Crippen LogP contribution in [0.5, 0.6) is 0 Å². The molecule has 25 heavy (non-hydrogen) atoms. The van der Waals surface area contributed by atoms with Gasteiger partial charge in [0.25, 0.3) is 5.91 Å². The van der Waals surface area contributed by atoms with Crippen molar-refractivity contribution in [2.75, 3.05) is 0 Å². The zero-order valence-corrected chi connectivity index (χ0v) is 13.5. The monoisotopic (exact) mass is 364 g/mol. The Hall–Kier alpha value is -2.78. The number of nitrogens with zero attached hydrogens (tertiary/aromatic N) is 1. The Bertz CT molecular complexity index is 819. The minimum Gasteiger partial charge on any atom is -0.347 e.